The largest absolute Gasteiger partial charge is 0.364 e. The third kappa shape index (κ3) is 6.22. The molecule has 1 aliphatic heterocycles. The Hall–Kier alpha value is -2.35. The van der Waals surface area contributed by atoms with E-state index in [2.05, 4.69) is 31.8 Å². The highest BCUT2D eigenvalue weighted by molar-refractivity contribution is 5.85. The first kappa shape index (κ1) is 19.0. The molecule has 2 heterocycles. The summed E-state index contributed by atoms with van der Waals surface area (Å²) >= 11 is 0. The van der Waals surface area contributed by atoms with Crippen molar-refractivity contribution < 1.29 is 9.32 Å². The highest BCUT2D eigenvalue weighted by Crippen LogP contribution is 2.07. The number of nitrogens with one attached hydrogen (secondary N) is 1. The molecule has 1 fully saturated rings. The molecule has 0 spiro atoms. The van der Waals surface area contributed by atoms with Crippen LogP contribution in [0.1, 0.15) is 12.6 Å². The lowest BCUT2D eigenvalue weighted by atomic mass is 10.3. The van der Waals surface area contributed by atoms with Gasteiger partial charge in [-0.1, -0.05) is 17.3 Å². The van der Waals surface area contributed by atoms with Gasteiger partial charge in [-0.2, -0.15) is 0 Å². The number of guanidine groups is 1. The van der Waals surface area contributed by atoms with Gasteiger partial charge in [0.15, 0.2) is 5.96 Å². The Morgan fingerprint density at radius 2 is 2.12 bits per heavy atom. The molecule has 1 amide bonds. The summed E-state index contributed by atoms with van der Waals surface area (Å²) in [5.41, 5.74) is 1.97. The number of aliphatic imine (C=N–C) groups is 1. The first-order valence-electron chi connectivity index (χ1n) is 8.45. The summed E-state index contributed by atoms with van der Waals surface area (Å²) in [6, 6.07) is 1.89. The summed E-state index contributed by atoms with van der Waals surface area (Å²) in [4.78, 5) is 22.4. The number of aromatic nitrogens is 1. The molecule has 0 unspecified atom stereocenters. The second-order valence-corrected chi connectivity index (χ2v) is 6.49. The van der Waals surface area contributed by atoms with Crippen LogP contribution < -0.4 is 5.32 Å². The number of piperazine rings is 1. The van der Waals surface area contributed by atoms with Crippen molar-refractivity contribution in [1.29, 1.82) is 0 Å². The molecule has 1 N–H and O–H groups in total. The maximum atomic E-state index is 11.8. The van der Waals surface area contributed by atoms with Gasteiger partial charge in [0.25, 0.3) is 0 Å². The van der Waals surface area contributed by atoms with E-state index >= 15 is 0 Å². The maximum Gasteiger partial charge on any atom is 0.243 e. The predicted octanol–water partition coefficient (Wildman–Crippen LogP) is 0.402. The van der Waals surface area contributed by atoms with Gasteiger partial charge in [-0.25, -0.2) is 4.99 Å². The lowest BCUT2D eigenvalue weighted by molar-refractivity contribution is -0.127. The molecule has 0 atom stereocenters. The average Bonchev–Trinajstić information content (AvgIpc) is 3.08. The summed E-state index contributed by atoms with van der Waals surface area (Å²) in [7, 11) is 3.48. The van der Waals surface area contributed by atoms with Crippen LogP contribution in [0.15, 0.2) is 34.0 Å². The van der Waals surface area contributed by atoms with E-state index in [1.165, 1.54) is 0 Å². The zero-order chi connectivity index (χ0) is 18.2. The summed E-state index contributed by atoms with van der Waals surface area (Å²) < 4.78 is 4.88. The zero-order valence-corrected chi connectivity index (χ0v) is 15.4. The molecular weight excluding hydrogens is 320 g/mol. The topological polar surface area (TPSA) is 77.2 Å². The van der Waals surface area contributed by atoms with Crippen LogP contribution in [-0.4, -0.2) is 85.1 Å². The van der Waals surface area contributed by atoms with E-state index in [1.807, 2.05) is 13.0 Å². The minimum atomic E-state index is -0.0145. The minimum absolute atomic E-state index is 0.0145. The fourth-order valence-electron chi connectivity index (χ4n) is 2.45. The van der Waals surface area contributed by atoms with Crippen molar-refractivity contribution in [2.24, 2.45) is 4.99 Å². The van der Waals surface area contributed by atoms with E-state index in [0.29, 0.717) is 6.54 Å². The van der Waals surface area contributed by atoms with E-state index in [9.17, 15) is 4.79 Å². The number of hydrogen-bond donors (Lipinski definition) is 1. The number of amides is 1. The maximum absolute atomic E-state index is 11.8. The van der Waals surface area contributed by atoms with Crippen LogP contribution >= 0.6 is 0 Å². The Balaban J connectivity index is 1.92. The molecule has 8 nitrogen and oxygen atoms in total. The number of carbonyl (C=O) groups excluding carboxylic acids is 1. The normalized spacial score (nSPS) is 16.0. The van der Waals surface area contributed by atoms with Crippen molar-refractivity contribution in [2.45, 2.75) is 13.5 Å². The minimum Gasteiger partial charge on any atom is -0.364 e. The number of hydrogen-bond acceptors (Lipinski definition) is 5. The summed E-state index contributed by atoms with van der Waals surface area (Å²) in [6.45, 7) is 11.0. The molecule has 1 saturated heterocycles. The molecule has 0 bridgehead atoms. The van der Waals surface area contributed by atoms with E-state index in [-0.39, 0.29) is 12.5 Å². The monoisotopic (exact) mass is 348 g/mol. The van der Waals surface area contributed by atoms with Gasteiger partial charge in [0.2, 0.25) is 5.91 Å². The lowest BCUT2D eigenvalue weighted by Crippen LogP contribution is -2.52. The number of carbonyl (C=O) groups is 1. The van der Waals surface area contributed by atoms with E-state index in [1.54, 1.807) is 25.3 Å². The van der Waals surface area contributed by atoms with Gasteiger partial charge in [-0.3, -0.25) is 9.69 Å². The quantitative estimate of drug-likeness (QED) is 0.456. The van der Waals surface area contributed by atoms with E-state index in [4.69, 9.17) is 4.52 Å². The third-order valence-corrected chi connectivity index (χ3v) is 3.96. The van der Waals surface area contributed by atoms with Gasteiger partial charge in [-0.15, -0.1) is 0 Å². The van der Waals surface area contributed by atoms with Gasteiger partial charge in [0.1, 0.15) is 12.8 Å². The van der Waals surface area contributed by atoms with Gasteiger partial charge >= 0.3 is 0 Å². The first-order chi connectivity index (χ1) is 12.0. The number of likely N-dealkylation sites (N-methyl/N-ethyl adjacent to an activating group) is 1. The van der Waals surface area contributed by atoms with Crippen LogP contribution in [0, 0.1) is 0 Å². The molecular formula is C17H28N6O2. The molecule has 1 aromatic heterocycles. The fraction of sp³-hybridized carbons (Fsp3) is 0.588. The van der Waals surface area contributed by atoms with Crippen LogP contribution in [-0.2, 0) is 11.3 Å². The van der Waals surface area contributed by atoms with Crippen molar-refractivity contribution in [3.63, 3.8) is 0 Å². The Morgan fingerprint density at radius 3 is 2.68 bits per heavy atom. The molecule has 1 aliphatic rings. The Bertz CT molecular complexity index is 588. The second-order valence-electron chi connectivity index (χ2n) is 6.49. The van der Waals surface area contributed by atoms with Gasteiger partial charge in [0, 0.05) is 59.4 Å². The van der Waals surface area contributed by atoms with Crippen molar-refractivity contribution in [3.8, 4) is 0 Å². The molecule has 0 aliphatic carbocycles. The highest BCUT2D eigenvalue weighted by Gasteiger charge is 2.20. The summed E-state index contributed by atoms with van der Waals surface area (Å²) in [5, 5.41) is 7.26. The van der Waals surface area contributed by atoms with Crippen LogP contribution in [0.4, 0.5) is 0 Å². The fourth-order valence-corrected chi connectivity index (χ4v) is 2.45. The van der Waals surface area contributed by atoms with Crippen molar-refractivity contribution in [2.75, 3.05) is 53.4 Å². The molecule has 8 heteroatoms. The lowest BCUT2D eigenvalue weighted by Gasteiger charge is -2.36. The molecule has 0 aromatic carbocycles. The van der Waals surface area contributed by atoms with Crippen molar-refractivity contribution >= 4 is 11.9 Å². The average molecular weight is 348 g/mol. The van der Waals surface area contributed by atoms with Crippen LogP contribution in [0.2, 0.25) is 0 Å². The molecule has 0 radical (unpaired) electrons. The molecule has 25 heavy (non-hydrogen) atoms. The summed E-state index contributed by atoms with van der Waals surface area (Å²) in [5.74, 6) is 0.749. The highest BCUT2D eigenvalue weighted by atomic mass is 16.5. The smallest absolute Gasteiger partial charge is 0.243 e. The Morgan fingerprint density at radius 1 is 1.40 bits per heavy atom. The van der Waals surface area contributed by atoms with E-state index in [0.717, 1.165) is 50.0 Å². The van der Waals surface area contributed by atoms with Gasteiger partial charge in [0.05, 0.1) is 5.69 Å². The van der Waals surface area contributed by atoms with Crippen LogP contribution in [0.3, 0.4) is 0 Å². The van der Waals surface area contributed by atoms with Gasteiger partial charge in [-0.05, 0) is 6.92 Å². The summed E-state index contributed by atoms with van der Waals surface area (Å²) in [6.07, 6.45) is 1.60. The van der Waals surface area contributed by atoms with Crippen molar-refractivity contribution in [1.82, 2.24) is 25.2 Å². The van der Waals surface area contributed by atoms with E-state index < -0.39 is 0 Å². The number of rotatable bonds is 6. The van der Waals surface area contributed by atoms with Crippen molar-refractivity contribution in [3.05, 3.63) is 30.2 Å². The second kappa shape index (κ2) is 9.22. The molecule has 0 saturated carbocycles. The van der Waals surface area contributed by atoms with Crippen LogP contribution in [0.25, 0.3) is 0 Å². The zero-order valence-electron chi connectivity index (χ0n) is 15.4. The molecule has 138 valence electrons. The molecule has 1 aromatic rings. The Labute approximate surface area is 149 Å². The number of nitrogens with zero attached hydrogens (tertiary/aromatic N) is 5. The third-order valence-electron chi connectivity index (χ3n) is 3.96. The SMILES string of the molecule is C=C(C)CNC(=NCC(=O)N(C)C)N1CCN(Cc2ccon2)CC1. The molecule has 2 rings (SSSR count). The Kier molecular flexibility index (Phi) is 7.00. The first-order valence-corrected chi connectivity index (χ1v) is 8.45. The van der Waals surface area contributed by atoms with Gasteiger partial charge < -0.3 is 19.6 Å². The predicted molar refractivity (Wildman–Crippen MR) is 97.2 cm³/mol. The standard InChI is InChI=1S/C17H28N6O2/c1-14(2)11-18-17(19-12-16(24)21(3)4)23-8-6-22(7-9-23)13-15-5-10-25-20-15/h5,10H,1,6-9,11-13H2,2-4H3,(H,18,19). The van der Waals surface area contributed by atoms with Crippen LogP contribution in [0.5, 0.6) is 0 Å².